The van der Waals surface area contributed by atoms with E-state index in [4.69, 9.17) is 0 Å². The second kappa shape index (κ2) is 5.13. The number of hydrogen-bond donors (Lipinski definition) is 1. The predicted molar refractivity (Wildman–Crippen MR) is 77.1 cm³/mol. The van der Waals surface area contributed by atoms with E-state index in [1.54, 1.807) is 22.7 Å². The molecule has 18 heavy (non-hydrogen) atoms. The summed E-state index contributed by atoms with van der Waals surface area (Å²) in [6.45, 7) is 1.96. The molecule has 1 saturated heterocycles. The van der Waals surface area contributed by atoms with Crippen LogP contribution in [0.2, 0.25) is 0 Å². The topological polar surface area (TPSA) is 23.5 Å². The van der Waals surface area contributed by atoms with Crippen LogP contribution in [0.15, 0.2) is 35.0 Å². The van der Waals surface area contributed by atoms with E-state index in [0.717, 1.165) is 22.8 Å². The summed E-state index contributed by atoms with van der Waals surface area (Å²) in [7, 11) is 0. The van der Waals surface area contributed by atoms with Crippen molar-refractivity contribution in [2.24, 2.45) is 0 Å². The van der Waals surface area contributed by atoms with Crippen molar-refractivity contribution in [2.45, 2.75) is 25.0 Å². The van der Waals surface area contributed by atoms with E-state index in [0.29, 0.717) is 0 Å². The van der Waals surface area contributed by atoms with Gasteiger partial charge in [-0.3, -0.25) is 4.90 Å². The monoisotopic (exact) mass is 279 g/mol. The molecule has 96 valence electrons. The minimum absolute atomic E-state index is 0.914. The first-order valence-electron chi connectivity index (χ1n) is 6.37. The minimum Gasteiger partial charge on any atom is -0.366 e. The summed E-state index contributed by atoms with van der Waals surface area (Å²) < 4.78 is 0. The number of hydrogen-bond acceptors (Lipinski definition) is 4. The molecule has 0 spiro atoms. The molecule has 1 fully saturated rings. The molecule has 2 aromatic rings. The molecule has 1 N–H and O–H groups in total. The van der Waals surface area contributed by atoms with Crippen molar-refractivity contribution in [1.82, 2.24) is 4.90 Å². The summed E-state index contributed by atoms with van der Waals surface area (Å²) in [6, 6.07) is 8.11. The zero-order valence-electron chi connectivity index (χ0n) is 10.2. The van der Waals surface area contributed by atoms with Gasteiger partial charge < -0.3 is 5.11 Å². The fraction of sp³-hybridized carbons (Fsp3) is 0.429. The molecule has 2 nitrogen and oxygen atoms in total. The highest BCUT2D eigenvalue weighted by Gasteiger charge is 2.40. The smallest absolute Gasteiger partial charge is 0.189 e. The molecule has 2 aromatic heterocycles. The number of thiophene rings is 2. The van der Waals surface area contributed by atoms with Gasteiger partial charge in [-0.05, 0) is 35.7 Å². The maximum Gasteiger partial charge on any atom is 0.189 e. The molecular weight excluding hydrogens is 262 g/mol. The van der Waals surface area contributed by atoms with Crippen molar-refractivity contribution >= 4 is 22.7 Å². The van der Waals surface area contributed by atoms with E-state index >= 15 is 0 Å². The Balaban J connectivity index is 2.02. The van der Waals surface area contributed by atoms with Crippen molar-refractivity contribution in [2.75, 3.05) is 13.1 Å². The second-order valence-corrected chi connectivity index (χ2v) is 6.57. The third-order valence-corrected chi connectivity index (χ3v) is 5.48. The molecule has 3 rings (SSSR count). The van der Waals surface area contributed by atoms with Gasteiger partial charge in [0.05, 0.1) is 9.75 Å². The number of aliphatic hydroxyl groups is 1. The van der Waals surface area contributed by atoms with Gasteiger partial charge in [-0.1, -0.05) is 18.6 Å². The average Bonchev–Trinajstić information content (AvgIpc) is 3.12. The van der Waals surface area contributed by atoms with Crippen LogP contribution in [-0.4, -0.2) is 23.1 Å². The van der Waals surface area contributed by atoms with E-state index in [1.807, 2.05) is 35.0 Å². The highest BCUT2D eigenvalue weighted by molar-refractivity contribution is 7.11. The summed E-state index contributed by atoms with van der Waals surface area (Å²) >= 11 is 3.27. The molecule has 0 bridgehead atoms. The fourth-order valence-corrected chi connectivity index (χ4v) is 4.40. The van der Waals surface area contributed by atoms with Crippen LogP contribution < -0.4 is 0 Å². The highest BCUT2D eigenvalue weighted by atomic mass is 32.1. The van der Waals surface area contributed by atoms with Gasteiger partial charge in [-0.25, -0.2) is 0 Å². The molecule has 0 radical (unpaired) electrons. The second-order valence-electron chi connectivity index (χ2n) is 4.67. The van der Waals surface area contributed by atoms with Gasteiger partial charge in [-0.2, -0.15) is 0 Å². The molecule has 0 unspecified atom stereocenters. The van der Waals surface area contributed by atoms with Gasteiger partial charge in [-0.15, -0.1) is 22.7 Å². The van der Waals surface area contributed by atoms with Gasteiger partial charge >= 0.3 is 0 Å². The van der Waals surface area contributed by atoms with E-state index < -0.39 is 5.72 Å². The largest absolute Gasteiger partial charge is 0.366 e. The summed E-state index contributed by atoms with van der Waals surface area (Å²) in [5.74, 6) is 0. The summed E-state index contributed by atoms with van der Waals surface area (Å²) in [5, 5.41) is 15.4. The van der Waals surface area contributed by atoms with Gasteiger partial charge in [0.2, 0.25) is 0 Å². The molecule has 0 aromatic carbocycles. The van der Waals surface area contributed by atoms with Crippen LogP contribution in [0, 0.1) is 0 Å². The molecule has 1 aliphatic rings. The lowest BCUT2D eigenvalue weighted by Gasteiger charge is -2.40. The highest BCUT2D eigenvalue weighted by Crippen LogP contribution is 2.39. The van der Waals surface area contributed by atoms with Crippen molar-refractivity contribution in [1.29, 1.82) is 0 Å². The normalized spacial score (nSPS) is 18.1. The van der Waals surface area contributed by atoms with Gasteiger partial charge in [0.15, 0.2) is 5.72 Å². The Morgan fingerprint density at radius 1 is 0.944 bits per heavy atom. The van der Waals surface area contributed by atoms with Crippen LogP contribution in [0.5, 0.6) is 0 Å². The van der Waals surface area contributed by atoms with Crippen molar-refractivity contribution in [3.63, 3.8) is 0 Å². The van der Waals surface area contributed by atoms with Crippen LogP contribution >= 0.6 is 22.7 Å². The number of piperidine rings is 1. The van der Waals surface area contributed by atoms with Gasteiger partial charge in [0, 0.05) is 13.1 Å². The Hall–Kier alpha value is -0.680. The van der Waals surface area contributed by atoms with Crippen molar-refractivity contribution < 1.29 is 5.11 Å². The van der Waals surface area contributed by atoms with E-state index in [2.05, 4.69) is 4.90 Å². The van der Waals surface area contributed by atoms with Gasteiger partial charge in [0.25, 0.3) is 0 Å². The zero-order valence-corrected chi connectivity index (χ0v) is 11.8. The van der Waals surface area contributed by atoms with E-state index in [-0.39, 0.29) is 0 Å². The molecule has 0 aliphatic carbocycles. The summed E-state index contributed by atoms with van der Waals surface area (Å²) in [5.41, 5.74) is -0.914. The lowest BCUT2D eigenvalue weighted by molar-refractivity contribution is -0.0838. The third-order valence-electron chi connectivity index (χ3n) is 3.54. The fourth-order valence-electron chi connectivity index (χ4n) is 2.60. The Bertz CT molecular complexity index is 438. The number of likely N-dealkylation sites (tertiary alicyclic amines) is 1. The zero-order chi connectivity index (χ0) is 12.4. The SMILES string of the molecule is OC(c1cccs1)(c1cccs1)N1CCCCC1. The maximum absolute atomic E-state index is 11.3. The third kappa shape index (κ3) is 2.03. The molecule has 0 saturated carbocycles. The Labute approximate surface area is 116 Å². The van der Waals surface area contributed by atoms with E-state index in [1.165, 1.54) is 19.3 Å². The lowest BCUT2D eigenvalue weighted by Crippen LogP contribution is -2.48. The first-order chi connectivity index (χ1) is 8.82. The average molecular weight is 279 g/mol. The Kier molecular flexibility index (Phi) is 3.52. The maximum atomic E-state index is 11.3. The van der Waals surface area contributed by atoms with E-state index in [9.17, 15) is 5.11 Å². The first kappa shape index (κ1) is 12.4. The standard InChI is InChI=1S/C14H17NOS2/c16-14(12-6-4-10-17-12,13-7-5-11-18-13)15-8-2-1-3-9-15/h4-7,10-11,16H,1-3,8-9H2. The molecule has 0 atom stereocenters. The molecule has 3 heterocycles. The number of rotatable bonds is 3. The molecular formula is C14H17NOS2. The minimum atomic E-state index is -0.914. The summed E-state index contributed by atoms with van der Waals surface area (Å²) in [4.78, 5) is 4.30. The predicted octanol–water partition coefficient (Wildman–Crippen LogP) is 3.49. The molecule has 4 heteroatoms. The quantitative estimate of drug-likeness (QED) is 0.929. The molecule has 0 amide bonds. The van der Waals surface area contributed by atoms with Crippen LogP contribution in [0.4, 0.5) is 0 Å². The summed E-state index contributed by atoms with van der Waals surface area (Å²) in [6.07, 6.45) is 3.64. The van der Waals surface area contributed by atoms with Crippen LogP contribution in [0.1, 0.15) is 29.0 Å². The Morgan fingerprint density at radius 3 is 1.94 bits per heavy atom. The van der Waals surface area contributed by atoms with Gasteiger partial charge in [0.1, 0.15) is 0 Å². The lowest BCUT2D eigenvalue weighted by atomic mass is 10.0. The Morgan fingerprint density at radius 2 is 1.50 bits per heavy atom. The van der Waals surface area contributed by atoms with Crippen LogP contribution in [-0.2, 0) is 5.72 Å². The van der Waals surface area contributed by atoms with Crippen LogP contribution in [0.3, 0.4) is 0 Å². The van der Waals surface area contributed by atoms with Crippen LogP contribution in [0.25, 0.3) is 0 Å². The molecule has 1 aliphatic heterocycles. The first-order valence-corrected chi connectivity index (χ1v) is 8.13. The van der Waals surface area contributed by atoms with Crippen molar-refractivity contribution in [3.8, 4) is 0 Å². The van der Waals surface area contributed by atoms with Crippen molar-refractivity contribution in [3.05, 3.63) is 44.8 Å². The number of nitrogens with zero attached hydrogens (tertiary/aromatic N) is 1.